The van der Waals surface area contributed by atoms with Gasteiger partial charge in [0.05, 0.1) is 0 Å². The minimum Gasteiger partial charge on any atom is -0.341 e. The Balaban J connectivity index is 0.00000288. The SMILES string of the molecule is CC(N)C1CCCN(C(=O)C2CCCN2C(=O)CC(C)(C)C)C1.Cl. The molecule has 3 atom stereocenters. The van der Waals surface area contributed by atoms with Crippen molar-refractivity contribution in [1.82, 2.24) is 9.80 Å². The molecule has 0 aliphatic carbocycles. The summed E-state index contributed by atoms with van der Waals surface area (Å²) in [4.78, 5) is 29.3. The van der Waals surface area contributed by atoms with Gasteiger partial charge in [0.1, 0.15) is 6.04 Å². The fraction of sp³-hybridized carbons (Fsp3) is 0.889. The smallest absolute Gasteiger partial charge is 0.245 e. The fourth-order valence-corrected chi connectivity index (χ4v) is 3.73. The monoisotopic (exact) mass is 359 g/mol. The first-order chi connectivity index (χ1) is 10.7. The van der Waals surface area contributed by atoms with Crippen LogP contribution in [0.4, 0.5) is 0 Å². The lowest BCUT2D eigenvalue weighted by Gasteiger charge is -2.37. The molecule has 0 aromatic carbocycles. The number of rotatable bonds is 3. The van der Waals surface area contributed by atoms with Gasteiger partial charge in [-0.3, -0.25) is 9.59 Å². The number of carbonyl (C=O) groups is 2. The van der Waals surface area contributed by atoms with Crippen molar-refractivity contribution in [3.05, 3.63) is 0 Å². The number of piperidine rings is 1. The van der Waals surface area contributed by atoms with Gasteiger partial charge in [0.25, 0.3) is 0 Å². The van der Waals surface area contributed by atoms with Crippen molar-refractivity contribution < 1.29 is 9.59 Å². The Hall–Kier alpha value is -0.810. The molecule has 3 unspecified atom stereocenters. The van der Waals surface area contributed by atoms with Crippen molar-refractivity contribution >= 4 is 24.2 Å². The van der Waals surface area contributed by atoms with Crippen molar-refractivity contribution in [2.45, 2.75) is 71.9 Å². The van der Waals surface area contributed by atoms with Crippen LogP contribution in [-0.4, -0.2) is 53.3 Å². The summed E-state index contributed by atoms with van der Waals surface area (Å²) in [6.45, 7) is 10.5. The van der Waals surface area contributed by atoms with Crippen LogP contribution < -0.4 is 5.73 Å². The zero-order valence-electron chi connectivity index (χ0n) is 15.6. The Morgan fingerprint density at radius 1 is 1.17 bits per heavy atom. The molecule has 6 heteroatoms. The van der Waals surface area contributed by atoms with Crippen LogP contribution in [0.5, 0.6) is 0 Å². The standard InChI is InChI=1S/C18H33N3O2.ClH/c1-13(19)14-7-5-9-20(12-14)17(23)15-8-6-10-21(15)16(22)11-18(2,3)4;/h13-15H,5-12,19H2,1-4H3;1H. The van der Waals surface area contributed by atoms with Gasteiger partial charge in [0.2, 0.25) is 11.8 Å². The van der Waals surface area contributed by atoms with E-state index in [9.17, 15) is 9.59 Å². The summed E-state index contributed by atoms with van der Waals surface area (Å²) in [5.74, 6) is 0.636. The van der Waals surface area contributed by atoms with Crippen molar-refractivity contribution in [2.24, 2.45) is 17.1 Å². The molecule has 5 nitrogen and oxygen atoms in total. The number of likely N-dealkylation sites (tertiary alicyclic amines) is 2. The first-order valence-electron chi connectivity index (χ1n) is 9.03. The summed E-state index contributed by atoms with van der Waals surface area (Å²) in [5.41, 5.74) is 5.98. The Morgan fingerprint density at radius 2 is 1.79 bits per heavy atom. The molecule has 2 N–H and O–H groups in total. The first-order valence-corrected chi connectivity index (χ1v) is 9.03. The molecule has 2 amide bonds. The van der Waals surface area contributed by atoms with Crippen LogP contribution in [0.1, 0.15) is 59.8 Å². The van der Waals surface area contributed by atoms with Crippen molar-refractivity contribution in [3.8, 4) is 0 Å². The summed E-state index contributed by atoms with van der Waals surface area (Å²) in [5, 5.41) is 0. The molecular formula is C18H34ClN3O2. The Bertz CT molecular complexity index is 448. The van der Waals surface area contributed by atoms with Crippen LogP contribution in [0.2, 0.25) is 0 Å². The van der Waals surface area contributed by atoms with Crippen LogP contribution in [0, 0.1) is 11.3 Å². The van der Waals surface area contributed by atoms with Gasteiger partial charge in [-0.1, -0.05) is 20.8 Å². The lowest BCUT2D eigenvalue weighted by molar-refractivity contribution is -0.146. The molecule has 0 aromatic heterocycles. The van der Waals surface area contributed by atoms with Gasteiger partial charge < -0.3 is 15.5 Å². The lowest BCUT2D eigenvalue weighted by Crippen LogP contribution is -2.52. The molecule has 0 bridgehead atoms. The van der Waals surface area contributed by atoms with Crippen LogP contribution in [0.25, 0.3) is 0 Å². The zero-order chi connectivity index (χ0) is 17.2. The van der Waals surface area contributed by atoms with Crippen molar-refractivity contribution in [2.75, 3.05) is 19.6 Å². The van der Waals surface area contributed by atoms with Gasteiger partial charge >= 0.3 is 0 Å². The van der Waals surface area contributed by atoms with Gasteiger partial charge in [-0.25, -0.2) is 0 Å². The molecule has 2 aliphatic heterocycles. The maximum absolute atomic E-state index is 12.9. The lowest BCUT2D eigenvalue weighted by atomic mass is 9.91. The molecule has 0 aromatic rings. The second-order valence-corrected chi connectivity index (χ2v) is 8.53. The molecule has 2 aliphatic rings. The van der Waals surface area contributed by atoms with Crippen LogP contribution in [0.3, 0.4) is 0 Å². The predicted octanol–water partition coefficient (Wildman–Crippen LogP) is 2.42. The number of halogens is 1. The van der Waals surface area contributed by atoms with Crippen molar-refractivity contribution in [1.29, 1.82) is 0 Å². The van der Waals surface area contributed by atoms with E-state index in [1.807, 2.05) is 16.7 Å². The van der Waals surface area contributed by atoms with E-state index in [2.05, 4.69) is 20.8 Å². The summed E-state index contributed by atoms with van der Waals surface area (Å²) in [6, 6.07) is -0.135. The zero-order valence-corrected chi connectivity index (χ0v) is 16.4. The molecule has 24 heavy (non-hydrogen) atoms. The van der Waals surface area contributed by atoms with Crippen LogP contribution >= 0.6 is 12.4 Å². The maximum atomic E-state index is 12.9. The highest BCUT2D eigenvalue weighted by atomic mass is 35.5. The number of nitrogens with zero attached hydrogens (tertiary/aromatic N) is 2. The minimum absolute atomic E-state index is 0. The molecule has 0 radical (unpaired) electrons. The highest BCUT2D eigenvalue weighted by Crippen LogP contribution is 2.27. The van der Waals surface area contributed by atoms with Gasteiger partial charge in [-0.2, -0.15) is 0 Å². The number of carbonyl (C=O) groups excluding carboxylic acids is 2. The number of amides is 2. The van der Waals surface area contributed by atoms with E-state index in [0.717, 1.165) is 45.3 Å². The molecule has 2 fully saturated rings. The second kappa shape index (κ2) is 8.52. The number of nitrogens with two attached hydrogens (primary N) is 1. The highest BCUT2D eigenvalue weighted by Gasteiger charge is 2.38. The van der Waals surface area contributed by atoms with Crippen LogP contribution in [-0.2, 0) is 9.59 Å². The summed E-state index contributed by atoms with van der Waals surface area (Å²) >= 11 is 0. The third-order valence-electron chi connectivity index (χ3n) is 5.05. The first kappa shape index (κ1) is 21.2. The molecule has 2 rings (SSSR count). The number of hydrogen-bond acceptors (Lipinski definition) is 3. The van der Waals surface area contributed by atoms with E-state index in [1.54, 1.807) is 0 Å². The summed E-state index contributed by atoms with van der Waals surface area (Å²) in [6.07, 6.45) is 4.34. The largest absolute Gasteiger partial charge is 0.341 e. The normalized spacial score (nSPS) is 26.0. The van der Waals surface area contributed by atoms with Crippen molar-refractivity contribution in [3.63, 3.8) is 0 Å². The molecule has 2 heterocycles. The third-order valence-corrected chi connectivity index (χ3v) is 5.05. The Morgan fingerprint density at radius 3 is 2.38 bits per heavy atom. The van der Waals surface area contributed by atoms with E-state index in [0.29, 0.717) is 12.3 Å². The quantitative estimate of drug-likeness (QED) is 0.841. The average molecular weight is 360 g/mol. The number of hydrogen-bond donors (Lipinski definition) is 1. The van der Waals surface area contributed by atoms with E-state index in [1.165, 1.54) is 0 Å². The van der Waals surface area contributed by atoms with Gasteiger partial charge in [-0.05, 0) is 43.9 Å². The van der Waals surface area contributed by atoms with Gasteiger partial charge in [0, 0.05) is 32.1 Å². The second-order valence-electron chi connectivity index (χ2n) is 8.53. The minimum atomic E-state index is -0.253. The van der Waals surface area contributed by atoms with E-state index in [-0.39, 0.29) is 41.7 Å². The van der Waals surface area contributed by atoms with E-state index in [4.69, 9.17) is 5.73 Å². The maximum Gasteiger partial charge on any atom is 0.245 e. The molecule has 0 spiro atoms. The van der Waals surface area contributed by atoms with Crippen LogP contribution in [0.15, 0.2) is 0 Å². The highest BCUT2D eigenvalue weighted by molar-refractivity contribution is 5.88. The Kier molecular flexibility index (Phi) is 7.54. The third kappa shape index (κ3) is 5.35. The summed E-state index contributed by atoms with van der Waals surface area (Å²) < 4.78 is 0. The van der Waals surface area contributed by atoms with Gasteiger partial charge in [-0.15, -0.1) is 12.4 Å². The molecular weight excluding hydrogens is 326 g/mol. The molecule has 140 valence electrons. The van der Waals surface area contributed by atoms with Gasteiger partial charge in [0.15, 0.2) is 0 Å². The predicted molar refractivity (Wildman–Crippen MR) is 99.0 cm³/mol. The average Bonchev–Trinajstić information content (AvgIpc) is 2.94. The topological polar surface area (TPSA) is 66.6 Å². The molecule has 2 saturated heterocycles. The van der Waals surface area contributed by atoms with E-state index >= 15 is 0 Å². The Labute approximate surface area is 152 Å². The summed E-state index contributed by atoms with van der Waals surface area (Å²) in [7, 11) is 0. The van der Waals surface area contributed by atoms with E-state index < -0.39 is 0 Å². The fourth-order valence-electron chi connectivity index (χ4n) is 3.73. The molecule has 0 saturated carbocycles.